The number of aromatic nitrogens is 6. The van der Waals surface area contributed by atoms with Gasteiger partial charge in [0.15, 0.2) is 11.5 Å². The molecule has 10 nitrogen and oxygen atoms in total. The second-order valence-corrected chi connectivity index (χ2v) is 9.35. The van der Waals surface area contributed by atoms with E-state index in [1.807, 2.05) is 68.4 Å². The third-order valence-electron chi connectivity index (χ3n) is 7.01. The van der Waals surface area contributed by atoms with Crippen LogP contribution in [0.5, 0.6) is 0 Å². The van der Waals surface area contributed by atoms with E-state index < -0.39 is 0 Å². The lowest BCUT2D eigenvalue weighted by atomic mass is 9.85. The minimum Gasteiger partial charge on any atom is -0.340 e. The number of nitrogens with zero attached hydrogens (tertiary/aromatic N) is 5. The average Bonchev–Trinajstić information content (AvgIpc) is 3.54. The van der Waals surface area contributed by atoms with Crippen molar-refractivity contribution in [2.24, 2.45) is 0 Å². The summed E-state index contributed by atoms with van der Waals surface area (Å²) in [7, 11) is 0. The molecule has 10 heteroatoms. The fourth-order valence-corrected chi connectivity index (χ4v) is 5.18. The molecule has 4 heterocycles. The van der Waals surface area contributed by atoms with Crippen molar-refractivity contribution in [2.75, 3.05) is 10.6 Å². The molecule has 0 radical (unpaired) electrons. The van der Waals surface area contributed by atoms with Gasteiger partial charge in [0.2, 0.25) is 11.8 Å². The molecule has 0 saturated heterocycles. The number of hydrogen-bond donors (Lipinski definition) is 3. The molecule has 3 aromatic heterocycles. The zero-order valence-corrected chi connectivity index (χ0v) is 21.0. The van der Waals surface area contributed by atoms with Gasteiger partial charge in [-0.1, -0.05) is 49.4 Å². The van der Waals surface area contributed by atoms with Crippen molar-refractivity contribution in [2.45, 2.75) is 38.5 Å². The molecule has 2 amide bonds. The van der Waals surface area contributed by atoms with Crippen LogP contribution in [0.2, 0.25) is 0 Å². The van der Waals surface area contributed by atoms with Crippen LogP contribution in [0.3, 0.4) is 0 Å². The standard InChI is InChI=1S/C28H26N8O2/c1-3-20(17-7-5-4-6-8-17)28(38)33-19-11-9-18(10-12-19)21-13-22(37)34-26-23(21)16(2)35-36(26)27-24-25(30-14-29-24)31-15-32-27/h4-12,14-15,20-21H,3,13H2,1-2H3,(H,33,38)(H,34,37)(H,29,30,31,32)/t20-,21-/m1/s1. The SMILES string of the molecule is CC[C@@H](C(=O)Nc1ccc([C@H]2CC(=O)Nc3c2c(C)nn3-c2ncnc3nc[nH]c23)cc1)c1ccccc1. The molecule has 1 aliphatic rings. The Hall–Kier alpha value is -4.86. The van der Waals surface area contributed by atoms with E-state index in [-0.39, 0.29) is 23.7 Å². The molecule has 0 unspecified atom stereocenters. The molecule has 6 rings (SSSR count). The van der Waals surface area contributed by atoms with Crippen molar-refractivity contribution in [3.05, 3.63) is 89.6 Å². The number of aromatic amines is 1. The highest BCUT2D eigenvalue weighted by Gasteiger charge is 2.33. The molecular formula is C28H26N8O2. The van der Waals surface area contributed by atoms with Gasteiger partial charge < -0.3 is 15.6 Å². The van der Waals surface area contributed by atoms with E-state index >= 15 is 0 Å². The number of H-pyrrole nitrogens is 1. The van der Waals surface area contributed by atoms with Gasteiger partial charge in [0.05, 0.1) is 17.9 Å². The van der Waals surface area contributed by atoms with Gasteiger partial charge in [-0.3, -0.25) is 9.59 Å². The first-order chi connectivity index (χ1) is 18.5. The number of aryl methyl sites for hydroxylation is 1. The summed E-state index contributed by atoms with van der Waals surface area (Å²) in [6.07, 6.45) is 3.97. The second kappa shape index (κ2) is 9.55. The van der Waals surface area contributed by atoms with Crippen molar-refractivity contribution < 1.29 is 9.59 Å². The fraction of sp³-hybridized carbons (Fsp3) is 0.214. The predicted molar refractivity (Wildman–Crippen MR) is 143 cm³/mol. The van der Waals surface area contributed by atoms with Gasteiger partial charge in [0, 0.05) is 23.6 Å². The van der Waals surface area contributed by atoms with E-state index in [0.29, 0.717) is 41.3 Å². The molecule has 1 aliphatic heterocycles. The van der Waals surface area contributed by atoms with Crippen molar-refractivity contribution in [3.63, 3.8) is 0 Å². The smallest absolute Gasteiger partial charge is 0.231 e. The highest BCUT2D eigenvalue weighted by atomic mass is 16.2. The Labute approximate surface area is 218 Å². The molecule has 0 fully saturated rings. The zero-order valence-electron chi connectivity index (χ0n) is 21.0. The van der Waals surface area contributed by atoms with Crippen molar-refractivity contribution in [1.29, 1.82) is 0 Å². The van der Waals surface area contributed by atoms with Gasteiger partial charge in [-0.15, -0.1) is 0 Å². The monoisotopic (exact) mass is 506 g/mol. The zero-order chi connectivity index (χ0) is 26.2. The van der Waals surface area contributed by atoms with E-state index in [9.17, 15) is 9.59 Å². The lowest BCUT2D eigenvalue weighted by molar-refractivity contribution is -0.118. The van der Waals surface area contributed by atoms with Crippen molar-refractivity contribution in [3.8, 4) is 5.82 Å². The van der Waals surface area contributed by atoms with Gasteiger partial charge in [-0.25, -0.2) is 15.0 Å². The number of anilines is 2. The Bertz CT molecular complexity index is 1640. The summed E-state index contributed by atoms with van der Waals surface area (Å²) in [5.74, 6) is 0.535. The van der Waals surface area contributed by atoms with E-state index in [2.05, 4.69) is 30.6 Å². The highest BCUT2D eigenvalue weighted by Crippen LogP contribution is 2.40. The minimum absolute atomic E-state index is 0.0436. The number of carbonyl (C=O) groups is 2. The van der Waals surface area contributed by atoms with Gasteiger partial charge >= 0.3 is 0 Å². The fourth-order valence-electron chi connectivity index (χ4n) is 5.18. The first-order valence-corrected chi connectivity index (χ1v) is 12.5. The van der Waals surface area contributed by atoms with Gasteiger partial charge in [0.1, 0.15) is 17.7 Å². The number of carbonyl (C=O) groups excluding carboxylic acids is 2. The summed E-state index contributed by atoms with van der Waals surface area (Å²) >= 11 is 0. The average molecular weight is 507 g/mol. The number of imidazole rings is 1. The Morgan fingerprint density at radius 1 is 1.11 bits per heavy atom. The van der Waals surface area contributed by atoms with Crippen molar-refractivity contribution >= 4 is 34.5 Å². The van der Waals surface area contributed by atoms with Crippen LogP contribution in [0.25, 0.3) is 17.0 Å². The largest absolute Gasteiger partial charge is 0.340 e. The number of amides is 2. The molecule has 0 spiro atoms. The molecule has 3 N–H and O–H groups in total. The Balaban J connectivity index is 1.29. The Morgan fingerprint density at radius 3 is 2.66 bits per heavy atom. The van der Waals surface area contributed by atoms with Crippen LogP contribution in [0.4, 0.5) is 11.5 Å². The van der Waals surface area contributed by atoms with Gasteiger partial charge in [-0.2, -0.15) is 9.78 Å². The van der Waals surface area contributed by atoms with E-state index in [1.54, 1.807) is 11.0 Å². The van der Waals surface area contributed by atoms with Crippen LogP contribution in [-0.2, 0) is 9.59 Å². The minimum atomic E-state index is -0.225. The summed E-state index contributed by atoms with van der Waals surface area (Å²) in [6, 6.07) is 17.5. The molecular weight excluding hydrogens is 480 g/mol. The third-order valence-corrected chi connectivity index (χ3v) is 7.01. The van der Waals surface area contributed by atoms with Gasteiger partial charge in [-0.05, 0) is 36.6 Å². The Morgan fingerprint density at radius 2 is 1.89 bits per heavy atom. The molecule has 5 aromatic rings. The molecule has 0 saturated carbocycles. The van der Waals surface area contributed by atoms with E-state index in [1.165, 1.54) is 6.33 Å². The molecule has 38 heavy (non-hydrogen) atoms. The van der Waals surface area contributed by atoms with Crippen molar-refractivity contribution in [1.82, 2.24) is 29.7 Å². The number of hydrogen-bond acceptors (Lipinski definition) is 6. The highest BCUT2D eigenvalue weighted by molar-refractivity contribution is 5.96. The quantitative estimate of drug-likeness (QED) is 0.312. The number of benzene rings is 2. The maximum Gasteiger partial charge on any atom is 0.231 e. The normalized spacial score (nSPS) is 15.6. The van der Waals surface area contributed by atoms with E-state index in [0.717, 1.165) is 22.4 Å². The molecule has 2 atom stereocenters. The van der Waals surface area contributed by atoms with Crippen LogP contribution in [-0.4, -0.2) is 41.5 Å². The van der Waals surface area contributed by atoms with Gasteiger partial charge in [0.25, 0.3) is 0 Å². The first-order valence-electron chi connectivity index (χ1n) is 12.5. The Kier molecular flexibility index (Phi) is 5.91. The van der Waals surface area contributed by atoms with Crippen LogP contribution in [0.15, 0.2) is 67.3 Å². The van der Waals surface area contributed by atoms with Crippen LogP contribution in [0.1, 0.15) is 54.0 Å². The summed E-state index contributed by atoms with van der Waals surface area (Å²) in [5, 5.41) is 10.8. The summed E-state index contributed by atoms with van der Waals surface area (Å²) in [5.41, 5.74) is 5.55. The number of rotatable bonds is 6. The predicted octanol–water partition coefficient (Wildman–Crippen LogP) is 4.45. The summed E-state index contributed by atoms with van der Waals surface area (Å²) in [4.78, 5) is 41.6. The van der Waals surface area contributed by atoms with Crippen LogP contribution >= 0.6 is 0 Å². The number of nitrogens with one attached hydrogen (secondary N) is 3. The van der Waals surface area contributed by atoms with Crippen LogP contribution in [0, 0.1) is 6.92 Å². The maximum absolute atomic E-state index is 13.0. The molecule has 190 valence electrons. The number of fused-ring (bicyclic) bond motifs is 2. The summed E-state index contributed by atoms with van der Waals surface area (Å²) < 4.78 is 1.64. The molecule has 2 aromatic carbocycles. The topological polar surface area (TPSA) is 130 Å². The summed E-state index contributed by atoms with van der Waals surface area (Å²) in [6.45, 7) is 3.93. The maximum atomic E-state index is 13.0. The lowest BCUT2D eigenvalue weighted by Crippen LogP contribution is -2.25. The first kappa shape index (κ1) is 23.5. The third kappa shape index (κ3) is 4.09. The second-order valence-electron chi connectivity index (χ2n) is 9.35. The van der Waals surface area contributed by atoms with E-state index in [4.69, 9.17) is 5.10 Å². The molecule has 0 bridgehead atoms. The van der Waals surface area contributed by atoms with Crippen LogP contribution < -0.4 is 10.6 Å². The molecule has 0 aliphatic carbocycles. The lowest BCUT2D eigenvalue weighted by Gasteiger charge is -2.24.